The van der Waals surface area contributed by atoms with Gasteiger partial charge in [0, 0.05) is 29.8 Å². The number of carbonyl (C=O) groups is 2. The molecule has 0 spiro atoms. The summed E-state index contributed by atoms with van der Waals surface area (Å²) in [6.45, 7) is 9.24. The lowest BCUT2D eigenvalue weighted by molar-refractivity contribution is 0.0549. The Labute approximate surface area is 206 Å². The molecule has 0 fully saturated rings. The fourth-order valence-corrected chi connectivity index (χ4v) is 4.16. The van der Waals surface area contributed by atoms with Crippen LogP contribution in [0.3, 0.4) is 0 Å². The molecule has 0 saturated heterocycles. The third-order valence-corrected chi connectivity index (χ3v) is 5.89. The van der Waals surface area contributed by atoms with Gasteiger partial charge in [-0.2, -0.15) is 5.10 Å². The molecular formula is C27H33N3O5. The third-order valence-electron chi connectivity index (χ3n) is 5.89. The van der Waals surface area contributed by atoms with Crippen molar-refractivity contribution in [2.45, 2.75) is 46.3 Å². The van der Waals surface area contributed by atoms with E-state index >= 15 is 0 Å². The Morgan fingerprint density at radius 3 is 2.09 bits per heavy atom. The molecule has 8 nitrogen and oxygen atoms in total. The summed E-state index contributed by atoms with van der Waals surface area (Å²) in [5.41, 5.74) is 2.59. The number of carbonyl (C=O) groups excluding carboxylic acids is 2. The first kappa shape index (κ1) is 26.0. The summed E-state index contributed by atoms with van der Waals surface area (Å²) in [5.74, 6) is -0.631. The topological polar surface area (TPSA) is 82.9 Å². The van der Waals surface area contributed by atoms with Crippen LogP contribution in [-0.2, 0) is 16.0 Å². The van der Waals surface area contributed by atoms with Crippen molar-refractivity contribution in [2.75, 3.05) is 21.3 Å². The highest BCUT2D eigenvalue weighted by Gasteiger charge is 2.31. The van der Waals surface area contributed by atoms with Crippen molar-refractivity contribution in [3.63, 3.8) is 0 Å². The molecule has 0 aliphatic rings. The molecule has 0 atom stereocenters. The molecule has 0 saturated carbocycles. The van der Waals surface area contributed by atoms with Crippen LogP contribution in [0.2, 0.25) is 0 Å². The Morgan fingerprint density at radius 2 is 1.54 bits per heavy atom. The highest BCUT2D eigenvalue weighted by molar-refractivity contribution is 6.06. The van der Waals surface area contributed by atoms with Gasteiger partial charge in [0.1, 0.15) is 17.0 Å². The Balaban J connectivity index is 2.27. The molecule has 35 heavy (non-hydrogen) atoms. The van der Waals surface area contributed by atoms with Crippen molar-refractivity contribution in [1.82, 2.24) is 14.7 Å². The third kappa shape index (κ3) is 5.38. The van der Waals surface area contributed by atoms with Crippen LogP contribution in [0.5, 0.6) is 5.75 Å². The fourth-order valence-electron chi connectivity index (χ4n) is 4.16. The van der Waals surface area contributed by atoms with Crippen molar-refractivity contribution >= 4 is 11.9 Å². The molecule has 0 bridgehead atoms. The highest BCUT2D eigenvalue weighted by atomic mass is 16.5. The number of benzene rings is 2. The first-order valence-electron chi connectivity index (χ1n) is 11.5. The largest absolute Gasteiger partial charge is 0.496 e. The molecular weight excluding hydrogens is 446 g/mol. The van der Waals surface area contributed by atoms with Crippen molar-refractivity contribution in [3.05, 3.63) is 65.4 Å². The lowest BCUT2D eigenvalue weighted by Crippen LogP contribution is -2.36. The van der Waals surface area contributed by atoms with E-state index in [4.69, 9.17) is 19.3 Å². The quantitative estimate of drug-likeness (QED) is 0.410. The van der Waals surface area contributed by atoms with E-state index in [-0.39, 0.29) is 11.3 Å². The second kappa shape index (κ2) is 11.2. The van der Waals surface area contributed by atoms with Crippen molar-refractivity contribution < 1.29 is 23.8 Å². The molecule has 0 aliphatic carbocycles. The monoisotopic (exact) mass is 479 g/mol. The van der Waals surface area contributed by atoms with Crippen LogP contribution >= 0.6 is 0 Å². The first-order valence-corrected chi connectivity index (χ1v) is 11.5. The molecule has 1 heterocycles. The van der Waals surface area contributed by atoms with E-state index in [0.29, 0.717) is 35.6 Å². The molecule has 0 radical (unpaired) electrons. The Bertz CT molecular complexity index is 1180. The minimum Gasteiger partial charge on any atom is -0.496 e. The van der Waals surface area contributed by atoms with Gasteiger partial charge in [0.25, 0.3) is 0 Å². The maximum atomic E-state index is 12.9. The SMILES string of the molecule is COC(=O)c1c(-c2ccc(OC)c(CN(C(C)C)C(C)C)c2)nn(-c2ccccc2)c1C(=O)OC. The van der Waals surface area contributed by atoms with Gasteiger partial charge >= 0.3 is 11.9 Å². The predicted molar refractivity (Wildman–Crippen MR) is 134 cm³/mol. The normalized spacial score (nSPS) is 11.3. The maximum absolute atomic E-state index is 12.9. The summed E-state index contributed by atoms with van der Waals surface area (Å²) in [6.07, 6.45) is 0. The smallest absolute Gasteiger partial charge is 0.357 e. The Morgan fingerprint density at radius 1 is 0.914 bits per heavy atom. The molecule has 8 heteroatoms. The minimum absolute atomic E-state index is 0.00362. The predicted octanol–water partition coefficient (Wildman–Crippen LogP) is 4.74. The lowest BCUT2D eigenvalue weighted by Gasteiger charge is -2.31. The van der Waals surface area contributed by atoms with E-state index in [9.17, 15) is 9.59 Å². The van der Waals surface area contributed by atoms with Gasteiger partial charge in [0.05, 0.1) is 27.0 Å². The number of hydrogen-bond donors (Lipinski definition) is 0. The van der Waals surface area contributed by atoms with E-state index in [1.807, 2.05) is 36.4 Å². The van der Waals surface area contributed by atoms with Crippen LogP contribution in [0.25, 0.3) is 16.9 Å². The van der Waals surface area contributed by atoms with E-state index in [0.717, 1.165) is 11.3 Å². The summed E-state index contributed by atoms with van der Waals surface area (Å²) in [4.78, 5) is 28.1. The highest BCUT2D eigenvalue weighted by Crippen LogP contribution is 2.33. The summed E-state index contributed by atoms with van der Waals surface area (Å²) >= 11 is 0. The number of ether oxygens (including phenoxy) is 3. The van der Waals surface area contributed by atoms with Crippen LogP contribution < -0.4 is 4.74 Å². The van der Waals surface area contributed by atoms with Gasteiger partial charge in [-0.15, -0.1) is 0 Å². The number of methoxy groups -OCH3 is 3. The summed E-state index contributed by atoms with van der Waals surface area (Å²) < 4.78 is 17.1. The number of hydrogen-bond acceptors (Lipinski definition) is 7. The van der Waals surface area contributed by atoms with Gasteiger partial charge in [0.15, 0.2) is 5.69 Å². The van der Waals surface area contributed by atoms with Gasteiger partial charge in [-0.05, 0) is 58.0 Å². The van der Waals surface area contributed by atoms with Gasteiger partial charge in [-0.3, -0.25) is 4.90 Å². The maximum Gasteiger partial charge on any atom is 0.357 e. The van der Waals surface area contributed by atoms with Crippen molar-refractivity contribution in [3.8, 4) is 22.7 Å². The minimum atomic E-state index is -0.687. The van der Waals surface area contributed by atoms with E-state index in [1.54, 1.807) is 19.2 Å². The molecule has 3 aromatic rings. The van der Waals surface area contributed by atoms with Gasteiger partial charge < -0.3 is 14.2 Å². The number of aromatic nitrogens is 2. The number of nitrogens with zero attached hydrogens (tertiary/aromatic N) is 3. The van der Waals surface area contributed by atoms with Gasteiger partial charge in [-0.25, -0.2) is 14.3 Å². The fraction of sp³-hybridized carbons (Fsp3) is 0.370. The zero-order valence-corrected chi connectivity index (χ0v) is 21.4. The Kier molecular flexibility index (Phi) is 8.30. The standard InChI is InChI=1S/C27H33N3O5/c1-17(2)29(18(3)4)16-20-15-19(13-14-22(20)33-5)24-23(26(31)34-6)25(27(32)35-7)30(28-24)21-11-9-8-10-12-21/h8-15,17-18H,16H2,1-7H3. The second-order valence-electron chi connectivity index (χ2n) is 8.69. The zero-order valence-electron chi connectivity index (χ0n) is 21.4. The Hall–Kier alpha value is -3.65. The summed E-state index contributed by atoms with van der Waals surface area (Å²) in [6, 6.07) is 15.4. The number of para-hydroxylation sites is 1. The lowest BCUT2D eigenvalue weighted by atomic mass is 10.0. The van der Waals surface area contributed by atoms with Crippen molar-refractivity contribution in [2.24, 2.45) is 0 Å². The summed E-state index contributed by atoms with van der Waals surface area (Å²) in [7, 11) is 4.17. The first-order chi connectivity index (χ1) is 16.7. The van der Waals surface area contributed by atoms with Crippen molar-refractivity contribution in [1.29, 1.82) is 0 Å². The molecule has 1 aromatic heterocycles. The van der Waals surface area contributed by atoms with Crippen LogP contribution in [0.4, 0.5) is 0 Å². The molecule has 0 unspecified atom stereocenters. The van der Waals surface area contributed by atoms with Crippen LogP contribution in [0, 0.1) is 0 Å². The molecule has 0 aliphatic heterocycles. The van der Waals surface area contributed by atoms with Gasteiger partial charge in [0.2, 0.25) is 0 Å². The number of rotatable bonds is 9. The summed E-state index contributed by atoms with van der Waals surface area (Å²) in [5, 5.41) is 4.70. The van der Waals surface area contributed by atoms with Crippen LogP contribution in [0.1, 0.15) is 54.1 Å². The number of esters is 2. The molecule has 3 rings (SSSR count). The average molecular weight is 480 g/mol. The van der Waals surface area contributed by atoms with E-state index in [2.05, 4.69) is 32.6 Å². The molecule has 0 amide bonds. The van der Waals surface area contributed by atoms with E-state index in [1.165, 1.54) is 18.9 Å². The van der Waals surface area contributed by atoms with E-state index < -0.39 is 11.9 Å². The van der Waals surface area contributed by atoms with Gasteiger partial charge in [-0.1, -0.05) is 18.2 Å². The second-order valence-corrected chi connectivity index (χ2v) is 8.69. The molecule has 0 N–H and O–H groups in total. The van der Waals surface area contributed by atoms with Crippen LogP contribution in [0.15, 0.2) is 48.5 Å². The average Bonchev–Trinajstić information content (AvgIpc) is 3.27. The zero-order chi connectivity index (χ0) is 25.7. The molecule has 2 aromatic carbocycles. The molecule has 186 valence electrons. The van der Waals surface area contributed by atoms with Crippen LogP contribution in [-0.4, -0.2) is 60.0 Å².